The Morgan fingerprint density at radius 3 is 2.60 bits per heavy atom. The van der Waals surface area contributed by atoms with Gasteiger partial charge in [-0.05, 0) is 35.4 Å². The Morgan fingerprint density at radius 2 is 1.92 bits per heavy atom. The van der Waals surface area contributed by atoms with Gasteiger partial charge >= 0.3 is 0 Å². The first-order chi connectivity index (χ1) is 12.1. The molecule has 25 heavy (non-hydrogen) atoms. The van der Waals surface area contributed by atoms with Gasteiger partial charge in [-0.25, -0.2) is 0 Å². The highest BCUT2D eigenvalue weighted by atomic mass is 16.2. The third-order valence-electron chi connectivity index (χ3n) is 3.93. The second-order valence-electron chi connectivity index (χ2n) is 5.58. The van der Waals surface area contributed by atoms with E-state index in [1.807, 2.05) is 42.5 Å². The molecule has 1 heterocycles. The maximum Gasteiger partial charge on any atom is 0.262 e. The van der Waals surface area contributed by atoms with Gasteiger partial charge in [0, 0.05) is 6.54 Å². The first-order valence-electron chi connectivity index (χ1n) is 7.74. The first kappa shape index (κ1) is 16.2. The van der Waals surface area contributed by atoms with Crippen LogP contribution in [0.1, 0.15) is 16.7 Å². The Morgan fingerprint density at radius 1 is 1.20 bits per heavy atom. The van der Waals surface area contributed by atoms with Crippen molar-refractivity contribution in [1.82, 2.24) is 0 Å². The zero-order valence-corrected chi connectivity index (χ0v) is 13.4. The molecule has 0 aliphatic carbocycles. The topological polar surface area (TPSA) is 94.0 Å². The van der Waals surface area contributed by atoms with Crippen molar-refractivity contribution in [1.29, 1.82) is 10.7 Å². The molecule has 0 spiro atoms. The maximum atomic E-state index is 13.0. The lowest BCUT2D eigenvalue weighted by molar-refractivity contribution is -0.114. The van der Waals surface area contributed by atoms with Gasteiger partial charge in [0.05, 0.1) is 22.9 Å². The van der Waals surface area contributed by atoms with Gasteiger partial charge in [-0.15, -0.1) is 0 Å². The van der Waals surface area contributed by atoms with Crippen LogP contribution in [0.5, 0.6) is 0 Å². The second-order valence-corrected chi connectivity index (χ2v) is 5.58. The minimum atomic E-state index is -0.325. The number of benzene rings is 2. The van der Waals surface area contributed by atoms with Gasteiger partial charge in [0.15, 0.2) is 0 Å². The molecule has 0 aromatic heterocycles. The van der Waals surface area contributed by atoms with E-state index < -0.39 is 0 Å². The summed E-state index contributed by atoms with van der Waals surface area (Å²) in [4.78, 5) is 14.6. The molecule has 1 aliphatic heterocycles. The molecule has 0 saturated heterocycles. The van der Waals surface area contributed by atoms with Crippen LogP contribution in [-0.2, 0) is 4.79 Å². The predicted molar refractivity (Wildman–Crippen MR) is 98.9 cm³/mol. The summed E-state index contributed by atoms with van der Waals surface area (Å²) < 4.78 is 0. The van der Waals surface area contributed by atoms with E-state index >= 15 is 0 Å². The highest BCUT2D eigenvalue weighted by molar-refractivity contribution is 6.27. The van der Waals surface area contributed by atoms with Crippen molar-refractivity contribution in [3.63, 3.8) is 0 Å². The lowest BCUT2D eigenvalue weighted by Crippen LogP contribution is -2.37. The number of amidine groups is 1. The number of anilines is 1. The summed E-state index contributed by atoms with van der Waals surface area (Å²) in [7, 11) is 0. The van der Waals surface area contributed by atoms with Crippen molar-refractivity contribution in [2.75, 3.05) is 11.4 Å². The van der Waals surface area contributed by atoms with E-state index in [-0.39, 0.29) is 17.3 Å². The molecular formula is C20H16N4O. The van der Waals surface area contributed by atoms with Gasteiger partial charge in [0.1, 0.15) is 5.84 Å². The van der Waals surface area contributed by atoms with E-state index in [0.29, 0.717) is 17.7 Å². The molecule has 122 valence electrons. The summed E-state index contributed by atoms with van der Waals surface area (Å²) in [6.45, 7) is 0.424. The average molecular weight is 328 g/mol. The van der Waals surface area contributed by atoms with Crippen LogP contribution in [-0.4, -0.2) is 18.3 Å². The van der Waals surface area contributed by atoms with Crippen LogP contribution < -0.4 is 10.6 Å². The van der Waals surface area contributed by atoms with Gasteiger partial charge in [-0.2, -0.15) is 5.26 Å². The molecule has 2 aromatic rings. The summed E-state index contributed by atoms with van der Waals surface area (Å²) in [5, 5.41) is 16.7. The molecule has 0 unspecified atom stereocenters. The molecule has 2 aromatic carbocycles. The molecule has 0 radical (unpaired) electrons. The van der Waals surface area contributed by atoms with E-state index in [4.69, 9.17) is 16.4 Å². The molecule has 0 atom stereocenters. The lowest BCUT2D eigenvalue weighted by Gasteiger charge is -2.27. The van der Waals surface area contributed by atoms with E-state index in [0.717, 1.165) is 11.3 Å². The van der Waals surface area contributed by atoms with E-state index in [1.165, 1.54) is 0 Å². The van der Waals surface area contributed by atoms with Crippen LogP contribution >= 0.6 is 0 Å². The molecule has 0 bridgehead atoms. The minimum Gasteiger partial charge on any atom is -0.384 e. The number of nitrogens with two attached hydrogens (primary N) is 1. The summed E-state index contributed by atoms with van der Waals surface area (Å²) in [6.07, 6.45) is 5.45. The molecule has 1 aliphatic rings. The lowest BCUT2D eigenvalue weighted by atomic mass is 10.0. The Bertz CT molecular complexity index is 933. The zero-order valence-electron chi connectivity index (χ0n) is 13.4. The van der Waals surface area contributed by atoms with Crippen molar-refractivity contribution in [2.24, 2.45) is 5.73 Å². The van der Waals surface area contributed by atoms with E-state index in [1.54, 1.807) is 35.2 Å². The van der Waals surface area contributed by atoms with Crippen molar-refractivity contribution in [3.8, 4) is 6.07 Å². The van der Waals surface area contributed by atoms with Crippen molar-refractivity contribution in [2.45, 2.75) is 0 Å². The number of rotatable bonds is 3. The van der Waals surface area contributed by atoms with Gasteiger partial charge in [0.25, 0.3) is 5.91 Å². The number of nitriles is 1. The number of nitrogens with one attached hydrogen (secondary N) is 1. The fourth-order valence-corrected chi connectivity index (χ4v) is 2.67. The highest BCUT2D eigenvalue weighted by Gasteiger charge is 2.24. The molecular weight excluding hydrogens is 312 g/mol. The van der Waals surface area contributed by atoms with Crippen LogP contribution in [0.4, 0.5) is 5.69 Å². The minimum absolute atomic E-state index is 0.120. The first-order valence-corrected chi connectivity index (χ1v) is 7.74. The molecule has 3 N–H and O–H groups in total. The van der Waals surface area contributed by atoms with Crippen LogP contribution in [0.2, 0.25) is 0 Å². The largest absolute Gasteiger partial charge is 0.384 e. The van der Waals surface area contributed by atoms with Gasteiger partial charge in [-0.1, -0.05) is 42.5 Å². The maximum absolute atomic E-state index is 13.0. The zero-order chi connectivity index (χ0) is 17.8. The fraction of sp³-hybridized carbons (Fsp3) is 0.0500. The van der Waals surface area contributed by atoms with Crippen molar-refractivity contribution < 1.29 is 4.79 Å². The molecule has 3 rings (SSSR count). The molecule has 5 nitrogen and oxygen atoms in total. The fourth-order valence-electron chi connectivity index (χ4n) is 2.67. The number of nitrogens with zero attached hydrogens (tertiary/aromatic N) is 2. The van der Waals surface area contributed by atoms with Crippen LogP contribution in [0.15, 0.2) is 60.2 Å². The average Bonchev–Trinajstić information content (AvgIpc) is 2.65. The predicted octanol–water partition coefficient (Wildman–Crippen LogP) is 2.94. The Kier molecular flexibility index (Phi) is 4.44. The van der Waals surface area contributed by atoms with Gasteiger partial charge in [-0.3, -0.25) is 10.2 Å². The van der Waals surface area contributed by atoms with Crippen LogP contribution in [0.25, 0.3) is 12.2 Å². The van der Waals surface area contributed by atoms with Crippen molar-refractivity contribution >= 4 is 29.6 Å². The summed E-state index contributed by atoms with van der Waals surface area (Å²) >= 11 is 0. The SMILES string of the molecule is N#Cc1ccc(/C=C(\C(=N)N)C(=O)N2CC=Cc3ccccc32)cc1. The standard InChI is InChI=1S/C20H16N4O/c21-13-15-9-7-14(8-10-15)12-17(19(22)23)20(25)24-11-3-5-16-4-1-2-6-18(16)24/h1-10,12H,11H2,(H3,22,23)/b17-12+. The number of hydrogen-bond donors (Lipinski definition) is 2. The molecule has 0 fully saturated rings. The third-order valence-corrected chi connectivity index (χ3v) is 3.93. The second kappa shape index (κ2) is 6.85. The number of hydrogen-bond acceptors (Lipinski definition) is 3. The molecule has 1 amide bonds. The normalized spacial score (nSPS) is 13.1. The number of fused-ring (bicyclic) bond motifs is 1. The number of carbonyl (C=O) groups is 1. The monoisotopic (exact) mass is 328 g/mol. The van der Waals surface area contributed by atoms with Gasteiger partial charge < -0.3 is 10.6 Å². The highest BCUT2D eigenvalue weighted by Crippen LogP contribution is 2.27. The summed E-state index contributed by atoms with van der Waals surface area (Å²) in [6, 6.07) is 16.4. The van der Waals surface area contributed by atoms with E-state index in [2.05, 4.69) is 0 Å². The summed E-state index contributed by atoms with van der Waals surface area (Å²) in [5.74, 6) is -0.616. The smallest absolute Gasteiger partial charge is 0.262 e. The third kappa shape index (κ3) is 3.33. The number of amides is 1. The molecule has 0 saturated carbocycles. The van der Waals surface area contributed by atoms with Crippen LogP contribution in [0, 0.1) is 16.7 Å². The number of para-hydroxylation sites is 1. The molecule has 5 heteroatoms. The summed E-state index contributed by atoms with van der Waals surface area (Å²) in [5.41, 5.74) is 8.76. The Labute approximate surface area is 145 Å². The Balaban J connectivity index is 1.97. The number of carbonyl (C=O) groups excluding carboxylic acids is 1. The Hall–Kier alpha value is -3.65. The van der Waals surface area contributed by atoms with Crippen molar-refractivity contribution in [3.05, 3.63) is 76.9 Å². The van der Waals surface area contributed by atoms with Crippen LogP contribution in [0.3, 0.4) is 0 Å². The van der Waals surface area contributed by atoms with E-state index in [9.17, 15) is 4.79 Å². The quantitative estimate of drug-likeness (QED) is 0.515. The van der Waals surface area contributed by atoms with Gasteiger partial charge in [0.2, 0.25) is 0 Å².